The maximum absolute atomic E-state index is 12.7. The van der Waals surface area contributed by atoms with E-state index in [1.165, 1.54) is 11.3 Å². The molecule has 1 unspecified atom stereocenters. The number of carbonyl (C=O) groups excluding carboxylic acids is 1. The van der Waals surface area contributed by atoms with Gasteiger partial charge in [0.05, 0.1) is 18.2 Å². The van der Waals surface area contributed by atoms with Gasteiger partial charge in [-0.15, -0.1) is 0 Å². The highest BCUT2D eigenvalue weighted by molar-refractivity contribution is 7.08. The van der Waals surface area contributed by atoms with Crippen LogP contribution in [0.3, 0.4) is 0 Å². The van der Waals surface area contributed by atoms with Gasteiger partial charge >= 0.3 is 0 Å². The zero-order valence-electron chi connectivity index (χ0n) is 12.5. The number of nitrogens with zero attached hydrogens (tertiary/aromatic N) is 1. The third-order valence-corrected chi connectivity index (χ3v) is 4.98. The third-order valence-electron chi connectivity index (χ3n) is 3.59. The van der Waals surface area contributed by atoms with Crippen molar-refractivity contribution in [3.63, 3.8) is 0 Å². The van der Waals surface area contributed by atoms with E-state index in [9.17, 15) is 9.90 Å². The van der Waals surface area contributed by atoms with Gasteiger partial charge in [-0.2, -0.15) is 22.7 Å². The summed E-state index contributed by atoms with van der Waals surface area (Å²) in [7, 11) is 0. The molecule has 0 saturated heterocycles. The molecule has 1 atom stereocenters. The number of aliphatic hydroxyl groups excluding tert-OH is 1. The number of thiophene rings is 2. The van der Waals surface area contributed by atoms with Crippen LogP contribution in [-0.4, -0.2) is 22.5 Å². The van der Waals surface area contributed by atoms with Crippen molar-refractivity contribution in [3.05, 3.63) is 80.7 Å². The maximum atomic E-state index is 12.7. The summed E-state index contributed by atoms with van der Waals surface area (Å²) in [5.74, 6) is -0.0515. The van der Waals surface area contributed by atoms with Crippen LogP contribution in [0.15, 0.2) is 64.0 Å². The molecule has 118 valence electrons. The Morgan fingerprint density at radius 1 is 1.04 bits per heavy atom. The summed E-state index contributed by atoms with van der Waals surface area (Å²) in [5.41, 5.74) is 2.57. The van der Waals surface area contributed by atoms with Crippen molar-refractivity contribution in [2.75, 3.05) is 6.54 Å². The Morgan fingerprint density at radius 3 is 2.43 bits per heavy atom. The lowest BCUT2D eigenvalue weighted by atomic mass is 10.1. The van der Waals surface area contributed by atoms with Gasteiger partial charge in [0, 0.05) is 11.9 Å². The Morgan fingerprint density at radius 2 is 1.78 bits per heavy atom. The van der Waals surface area contributed by atoms with Crippen molar-refractivity contribution >= 4 is 28.6 Å². The highest BCUT2D eigenvalue weighted by Gasteiger charge is 2.21. The Bertz CT molecular complexity index is 724. The molecule has 0 aliphatic carbocycles. The van der Waals surface area contributed by atoms with Gasteiger partial charge in [-0.05, 0) is 39.4 Å². The van der Waals surface area contributed by atoms with Crippen molar-refractivity contribution in [1.82, 2.24) is 4.90 Å². The highest BCUT2D eigenvalue weighted by atomic mass is 32.1. The van der Waals surface area contributed by atoms with Crippen LogP contribution in [0.2, 0.25) is 0 Å². The normalized spacial score (nSPS) is 12.0. The van der Waals surface area contributed by atoms with E-state index < -0.39 is 6.10 Å². The first kappa shape index (κ1) is 15.9. The van der Waals surface area contributed by atoms with Gasteiger partial charge in [0.15, 0.2) is 0 Å². The molecule has 0 fully saturated rings. The molecule has 0 aliphatic heterocycles. The number of benzene rings is 1. The third kappa shape index (κ3) is 4.07. The van der Waals surface area contributed by atoms with Crippen LogP contribution in [0.4, 0.5) is 0 Å². The molecule has 1 aromatic carbocycles. The molecule has 2 aromatic heterocycles. The van der Waals surface area contributed by atoms with Gasteiger partial charge in [0.2, 0.25) is 0 Å². The summed E-state index contributed by atoms with van der Waals surface area (Å²) >= 11 is 3.04. The van der Waals surface area contributed by atoms with Crippen LogP contribution in [0.5, 0.6) is 0 Å². The summed E-state index contributed by atoms with van der Waals surface area (Å²) in [6.07, 6.45) is -0.674. The predicted molar refractivity (Wildman–Crippen MR) is 94.8 cm³/mol. The van der Waals surface area contributed by atoms with Crippen LogP contribution in [-0.2, 0) is 6.54 Å². The fourth-order valence-electron chi connectivity index (χ4n) is 2.37. The minimum absolute atomic E-state index is 0.0515. The van der Waals surface area contributed by atoms with E-state index in [-0.39, 0.29) is 12.5 Å². The molecule has 3 nitrogen and oxygen atoms in total. The Balaban J connectivity index is 1.79. The van der Waals surface area contributed by atoms with Gasteiger partial charge in [-0.25, -0.2) is 0 Å². The van der Waals surface area contributed by atoms with E-state index >= 15 is 0 Å². The first-order chi connectivity index (χ1) is 11.2. The topological polar surface area (TPSA) is 40.5 Å². The molecular formula is C18H17NO2S2. The van der Waals surface area contributed by atoms with E-state index in [1.54, 1.807) is 16.2 Å². The molecule has 0 aliphatic rings. The zero-order valence-corrected chi connectivity index (χ0v) is 14.1. The monoisotopic (exact) mass is 343 g/mol. The molecule has 0 bridgehead atoms. The number of hydrogen-bond donors (Lipinski definition) is 1. The molecule has 0 radical (unpaired) electrons. The summed E-state index contributed by atoms with van der Waals surface area (Å²) in [5, 5.41) is 18.0. The largest absolute Gasteiger partial charge is 0.387 e. The molecule has 3 aromatic rings. The average Bonchev–Trinajstić information content (AvgIpc) is 3.27. The molecule has 2 heterocycles. The lowest BCUT2D eigenvalue weighted by molar-refractivity contribution is 0.0605. The van der Waals surface area contributed by atoms with E-state index in [2.05, 4.69) is 0 Å². The standard InChI is InChI=1S/C18H17NO2S2/c20-17(15-6-8-22-12-15)11-19(10-14-4-2-1-3-5-14)18(21)16-7-9-23-13-16/h1-9,12-13,17,20H,10-11H2. The van der Waals surface area contributed by atoms with Crippen molar-refractivity contribution in [2.24, 2.45) is 0 Å². The second-order valence-corrected chi connectivity index (χ2v) is 6.82. The molecule has 0 saturated carbocycles. The summed E-state index contributed by atoms with van der Waals surface area (Å²) in [6.45, 7) is 0.761. The number of aliphatic hydroxyl groups is 1. The molecule has 3 rings (SSSR count). The minimum atomic E-state index is -0.674. The SMILES string of the molecule is O=C(c1ccsc1)N(Cc1ccccc1)CC(O)c1ccsc1. The fourth-order valence-corrected chi connectivity index (χ4v) is 3.71. The maximum Gasteiger partial charge on any atom is 0.255 e. The van der Waals surface area contributed by atoms with Crippen LogP contribution >= 0.6 is 22.7 Å². The van der Waals surface area contributed by atoms with Crippen LogP contribution in [0.1, 0.15) is 27.6 Å². The second kappa shape index (κ2) is 7.55. The van der Waals surface area contributed by atoms with E-state index in [1.807, 2.05) is 64.0 Å². The molecule has 23 heavy (non-hydrogen) atoms. The number of hydrogen-bond acceptors (Lipinski definition) is 4. The first-order valence-corrected chi connectivity index (χ1v) is 9.18. The fraction of sp³-hybridized carbons (Fsp3) is 0.167. The lowest BCUT2D eigenvalue weighted by Gasteiger charge is -2.25. The van der Waals surface area contributed by atoms with E-state index in [0.717, 1.165) is 11.1 Å². The quantitative estimate of drug-likeness (QED) is 0.729. The minimum Gasteiger partial charge on any atom is -0.387 e. The van der Waals surface area contributed by atoms with Gasteiger partial charge in [-0.1, -0.05) is 30.3 Å². The number of rotatable bonds is 6. The van der Waals surface area contributed by atoms with Crippen LogP contribution in [0, 0.1) is 0 Å². The van der Waals surface area contributed by atoms with Crippen LogP contribution in [0.25, 0.3) is 0 Å². The first-order valence-electron chi connectivity index (χ1n) is 7.29. The summed E-state index contributed by atoms with van der Waals surface area (Å²) in [6, 6.07) is 13.6. The molecule has 1 amide bonds. The number of carbonyl (C=O) groups is 1. The summed E-state index contributed by atoms with van der Waals surface area (Å²) in [4.78, 5) is 14.4. The van der Waals surface area contributed by atoms with Crippen molar-refractivity contribution in [1.29, 1.82) is 0 Å². The van der Waals surface area contributed by atoms with Crippen molar-refractivity contribution in [3.8, 4) is 0 Å². The molecular weight excluding hydrogens is 326 g/mol. The smallest absolute Gasteiger partial charge is 0.255 e. The number of amides is 1. The predicted octanol–water partition coefficient (Wildman–Crippen LogP) is 4.19. The molecule has 5 heteroatoms. The van der Waals surface area contributed by atoms with E-state index in [0.29, 0.717) is 12.1 Å². The van der Waals surface area contributed by atoms with Crippen LogP contribution < -0.4 is 0 Å². The van der Waals surface area contributed by atoms with Crippen molar-refractivity contribution < 1.29 is 9.90 Å². The molecule has 1 N–H and O–H groups in total. The summed E-state index contributed by atoms with van der Waals surface area (Å²) < 4.78 is 0. The Hall–Kier alpha value is -1.95. The Labute approximate surface area is 143 Å². The lowest BCUT2D eigenvalue weighted by Crippen LogP contribution is -2.34. The van der Waals surface area contributed by atoms with Gasteiger partial charge < -0.3 is 10.0 Å². The van der Waals surface area contributed by atoms with Crippen molar-refractivity contribution in [2.45, 2.75) is 12.6 Å². The second-order valence-electron chi connectivity index (χ2n) is 5.26. The van der Waals surface area contributed by atoms with Gasteiger partial charge in [0.1, 0.15) is 0 Å². The average molecular weight is 343 g/mol. The highest BCUT2D eigenvalue weighted by Crippen LogP contribution is 2.20. The zero-order chi connectivity index (χ0) is 16.1. The molecule has 0 spiro atoms. The Kier molecular flexibility index (Phi) is 5.23. The van der Waals surface area contributed by atoms with E-state index in [4.69, 9.17) is 0 Å². The van der Waals surface area contributed by atoms with Gasteiger partial charge in [-0.3, -0.25) is 4.79 Å². The van der Waals surface area contributed by atoms with Gasteiger partial charge in [0.25, 0.3) is 5.91 Å².